The number of rotatable bonds is 5. The molecule has 0 aliphatic carbocycles. The first kappa shape index (κ1) is 17.9. The summed E-state index contributed by atoms with van der Waals surface area (Å²) in [5.74, 6) is 0.830. The third-order valence-electron chi connectivity index (χ3n) is 4.68. The van der Waals surface area contributed by atoms with Gasteiger partial charge in [0.2, 0.25) is 0 Å². The van der Waals surface area contributed by atoms with Gasteiger partial charge in [0, 0.05) is 26.7 Å². The minimum absolute atomic E-state index is 0.171. The van der Waals surface area contributed by atoms with Crippen molar-refractivity contribution >= 4 is 11.2 Å². The topological polar surface area (TPSA) is 85.2 Å². The Balaban J connectivity index is 2.04. The minimum atomic E-state index is -0.433. The summed E-state index contributed by atoms with van der Waals surface area (Å²) >= 11 is 0. The zero-order chi connectivity index (χ0) is 18.1. The van der Waals surface area contributed by atoms with Crippen LogP contribution in [0, 0.1) is 0 Å². The van der Waals surface area contributed by atoms with Crippen LogP contribution in [0.2, 0.25) is 0 Å². The van der Waals surface area contributed by atoms with E-state index in [2.05, 4.69) is 35.6 Å². The Labute approximate surface area is 146 Å². The number of aromatic nitrogens is 4. The van der Waals surface area contributed by atoms with Gasteiger partial charge in [0.25, 0.3) is 5.56 Å². The van der Waals surface area contributed by atoms with E-state index in [0.717, 1.165) is 38.3 Å². The van der Waals surface area contributed by atoms with Gasteiger partial charge in [0.05, 0.1) is 18.8 Å². The Kier molecular flexibility index (Phi) is 5.10. The molecule has 1 saturated heterocycles. The summed E-state index contributed by atoms with van der Waals surface area (Å²) in [6.45, 7) is 9.27. The number of imidazole rings is 1. The summed E-state index contributed by atoms with van der Waals surface area (Å²) in [6.07, 6.45) is 2.32. The normalized spacial score (nSPS) is 21.9. The average Bonchev–Trinajstić information content (AvgIpc) is 2.88. The fourth-order valence-electron chi connectivity index (χ4n) is 3.57. The molecule has 8 heteroatoms. The van der Waals surface area contributed by atoms with Gasteiger partial charge in [-0.05, 0) is 20.3 Å². The molecule has 1 aliphatic heterocycles. The first-order valence-corrected chi connectivity index (χ1v) is 8.97. The van der Waals surface area contributed by atoms with Gasteiger partial charge in [-0.3, -0.25) is 19.2 Å². The lowest BCUT2D eigenvalue weighted by atomic mass is 10.2. The number of aryl methyl sites for hydroxylation is 2. The molecule has 2 atom stereocenters. The number of aromatic amines is 1. The molecule has 0 amide bonds. The summed E-state index contributed by atoms with van der Waals surface area (Å²) in [5, 5.41) is 0. The quantitative estimate of drug-likeness (QED) is 0.864. The monoisotopic (exact) mass is 349 g/mol. The molecule has 0 bridgehead atoms. The minimum Gasteiger partial charge on any atom is -0.373 e. The predicted octanol–water partition coefficient (Wildman–Crippen LogP) is 0.833. The first-order chi connectivity index (χ1) is 11.9. The lowest BCUT2D eigenvalue weighted by Crippen LogP contribution is -2.45. The number of fused-ring (bicyclic) bond motifs is 1. The van der Waals surface area contributed by atoms with E-state index in [9.17, 15) is 9.59 Å². The molecular weight excluding hydrogens is 322 g/mol. The van der Waals surface area contributed by atoms with Gasteiger partial charge in [-0.2, -0.15) is 0 Å². The highest BCUT2D eigenvalue weighted by Gasteiger charge is 2.25. The Bertz CT molecular complexity index is 856. The van der Waals surface area contributed by atoms with Crippen molar-refractivity contribution in [2.24, 2.45) is 7.05 Å². The Morgan fingerprint density at radius 3 is 2.56 bits per heavy atom. The molecule has 2 aromatic rings. The Morgan fingerprint density at radius 2 is 1.92 bits per heavy atom. The molecule has 0 radical (unpaired) electrons. The van der Waals surface area contributed by atoms with E-state index < -0.39 is 5.69 Å². The second-order valence-electron chi connectivity index (χ2n) is 6.98. The number of H-pyrrole nitrogens is 1. The van der Waals surface area contributed by atoms with Gasteiger partial charge >= 0.3 is 5.69 Å². The van der Waals surface area contributed by atoms with E-state index in [0.29, 0.717) is 17.7 Å². The van der Waals surface area contributed by atoms with Crippen LogP contribution in [0.4, 0.5) is 0 Å². The van der Waals surface area contributed by atoms with Crippen LogP contribution in [-0.4, -0.2) is 49.3 Å². The summed E-state index contributed by atoms with van der Waals surface area (Å²) in [4.78, 5) is 33.6. The first-order valence-electron chi connectivity index (χ1n) is 8.97. The number of hydrogen-bond acceptors (Lipinski definition) is 5. The van der Waals surface area contributed by atoms with Crippen LogP contribution in [0.15, 0.2) is 9.59 Å². The van der Waals surface area contributed by atoms with Crippen LogP contribution in [-0.2, 0) is 24.9 Å². The van der Waals surface area contributed by atoms with E-state index in [1.165, 1.54) is 4.57 Å². The van der Waals surface area contributed by atoms with Crippen molar-refractivity contribution in [2.75, 3.05) is 13.1 Å². The maximum Gasteiger partial charge on any atom is 0.329 e. The lowest BCUT2D eigenvalue weighted by Gasteiger charge is -2.35. The fourth-order valence-corrected chi connectivity index (χ4v) is 3.57. The largest absolute Gasteiger partial charge is 0.373 e. The molecule has 1 aliphatic rings. The summed E-state index contributed by atoms with van der Waals surface area (Å²) in [5.41, 5.74) is 0.142. The van der Waals surface area contributed by atoms with Crippen LogP contribution in [0.1, 0.15) is 39.4 Å². The molecule has 0 spiro atoms. The Hall–Kier alpha value is -1.93. The smallest absolute Gasteiger partial charge is 0.329 e. The molecule has 0 aromatic carbocycles. The Morgan fingerprint density at radius 1 is 1.24 bits per heavy atom. The molecule has 3 heterocycles. The van der Waals surface area contributed by atoms with Crippen molar-refractivity contribution in [1.82, 2.24) is 24.0 Å². The van der Waals surface area contributed by atoms with Crippen LogP contribution < -0.4 is 11.2 Å². The van der Waals surface area contributed by atoms with Crippen molar-refractivity contribution in [1.29, 1.82) is 0 Å². The van der Waals surface area contributed by atoms with Crippen LogP contribution >= 0.6 is 0 Å². The van der Waals surface area contributed by atoms with Crippen molar-refractivity contribution in [3.63, 3.8) is 0 Å². The third-order valence-corrected chi connectivity index (χ3v) is 4.68. The van der Waals surface area contributed by atoms with Crippen LogP contribution in [0.5, 0.6) is 0 Å². The number of nitrogens with one attached hydrogen (secondary N) is 1. The van der Waals surface area contributed by atoms with E-state index in [1.54, 1.807) is 7.05 Å². The highest BCUT2D eigenvalue weighted by molar-refractivity contribution is 5.70. The molecule has 2 aromatic heterocycles. The third kappa shape index (κ3) is 3.55. The molecule has 0 unspecified atom stereocenters. The maximum atomic E-state index is 12.4. The highest BCUT2D eigenvalue weighted by atomic mass is 16.5. The molecule has 3 rings (SSSR count). The zero-order valence-electron chi connectivity index (χ0n) is 15.4. The van der Waals surface area contributed by atoms with Gasteiger partial charge in [-0.1, -0.05) is 13.3 Å². The van der Waals surface area contributed by atoms with E-state index in [-0.39, 0.29) is 17.8 Å². The SMILES string of the molecule is CCCCn1c(CN2C[C@@H](C)O[C@H](C)C2)nc2c1c(=O)[nH]c(=O)n2C. The molecule has 0 saturated carbocycles. The number of nitrogens with zero attached hydrogens (tertiary/aromatic N) is 4. The molecule has 1 fully saturated rings. The van der Waals surface area contributed by atoms with Gasteiger partial charge in [-0.15, -0.1) is 0 Å². The molecule has 138 valence electrons. The standard InChI is InChI=1S/C17H27N5O3/c1-5-6-7-22-13(10-21-8-11(2)25-12(3)9-21)18-15-14(22)16(23)19-17(24)20(15)4/h11-12H,5-10H2,1-4H3,(H,19,23,24)/t11-,12-/m1/s1. The predicted molar refractivity (Wildman–Crippen MR) is 95.8 cm³/mol. The number of hydrogen-bond donors (Lipinski definition) is 1. The maximum absolute atomic E-state index is 12.4. The van der Waals surface area contributed by atoms with E-state index in [4.69, 9.17) is 4.74 Å². The summed E-state index contributed by atoms with van der Waals surface area (Å²) in [6, 6.07) is 0. The molecular formula is C17H27N5O3. The summed E-state index contributed by atoms with van der Waals surface area (Å²) in [7, 11) is 1.64. The molecule has 8 nitrogen and oxygen atoms in total. The summed E-state index contributed by atoms with van der Waals surface area (Å²) < 4.78 is 9.18. The average molecular weight is 349 g/mol. The number of ether oxygens (including phenoxy) is 1. The van der Waals surface area contributed by atoms with Gasteiger partial charge in [0.1, 0.15) is 5.82 Å². The van der Waals surface area contributed by atoms with Gasteiger partial charge in [-0.25, -0.2) is 9.78 Å². The van der Waals surface area contributed by atoms with E-state index >= 15 is 0 Å². The van der Waals surface area contributed by atoms with Gasteiger partial charge < -0.3 is 9.30 Å². The zero-order valence-corrected chi connectivity index (χ0v) is 15.4. The van der Waals surface area contributed by atoms with Crippen molar-refractivity contribution in [2.45, 2.75) is 58.9 Å². The van der Waals surface area contributed by atoms with Crippen LogP contribution in [0.3, 0.4) is 0 Å². The van der Waals surface area contributed by atoms with Crippen molar-refractivity contribution in [3.05, 3.63) is 26.7 Å². The highest BCUT2D eigenvalue weighted by Crippen LogP contribution is 2.17. The van der Waals surface area contributed by atoms with E-state index in [1.807, 2.05) is 4.57 Å². The molecule has 25 heavy (non-hydrogen) atoms. The number of morpholine rings is 1. The number of unbranched alkanes of at least 4 members (excludes halogenated alkanes) is 1. The van der Waals surface area contributed by atoms with Gasteiger partial charge in [0.15, 0.2) is 11.2 Å². The fraction of sp³-hybridized carbons (Fsp3) is 0.706. The van der Waals surface area contributed by atoms with Crippen molar-refractivity contribution < 1.29 is 4.74 Å². The second kappa shape index (κ2) is 7.13. The van der Waals surface area contributed by atoms with Crippen LogP contribution in [0.25, 0.3) is 11.2 Å². The second-order valence-corrected chi connectivity index (χ2v) is 6.98. The van der Waals surface area contributed by atoms with Crippen molar-refractivity contribution in [3.8, 4) is 0 Å². The lowest BCUT2D eigenvalue weighted by molar-refractivity contribution is -0.0712. The molecule has 1 N–H and O–H groups in total.